The molecule has 0 aliphatic carbocycles. The summed E-state index contributed by atoms with van der Waals surface area (Å²) >= 11 is 0. The summed E-state index contributed by atoms with van der Waals surface area (Å²) in [6, 6.07) is 14.0. The standard InChI is InChI=1S/C29H35N3O6/c1-28(2,3)21-12-8-20(9-13-21)25(33)37-22-14-10-19(11-15-22)23(24-30-16-17-32(24)26(34)35)18-31(7)27(36)38-29(4,5)6/h8-17,23H,18H2,1-7H3,(H,34,35). The maximum atomic E-state index is 12.7. The Morgan fingerprint density at radius 1 is 0.974 bits per heavy atom. The van der Waals surface area contributed by atoms with E-state index in [9.17, 15) is 19.5 Å². The molecule has 1 unspecified atom stereocenters. The number of hydrogen-bond donors (Lipinski definition) is 1. The van der Waals surface area contributed by atoms with Crippen molar-refractivity contribution in [3.63, 3.8) is 0 Å². The van der Waals surface area contributed by atoms with Crippen LogP contribution in [-0.2, 0) is 10.2 Å². The van der Waals surface area contributed by atoms with E-state index in [0.717, 1.165) is 10.1 Å². The zero-order valence-electron chi connectivity index (χ0n) is 22.9. The second-order valence-corrected chi connectivity index (χ2v) is 11.1. The third-order valence-corrected chi connectivity index (χ3v) is 5.83. The van der Waals surface area contributed by atoms with Crippen molar-refractivity contribution < 1.29 is 29.0 Å². The maximum absolute atomic E-state index is 12.7. The van der Waals surface area contributed by atoms with Crippen molar-refractivity contribution in [3.8, 4) is 5.75 Å². The van der Waals surface area contributed by atoms with Crippen molar-refractivity contribution in [3.05, 3.63) is 83.4 Å². The molecule has 2 aromatic carbocycles. The van der Waals surface area contributed by atoms with Crippen LogP contribution in [0.3, 0.4) is 0 Å². The average Bonchev–Trinajstić information content (AvgIpc) is 3.31. The van der Waals surface area contributed by atoms with Gasteiger partial charge in [0.1, 0.15) is 17.2 Å². The Morgan fingerprint density at radius 3 is 2.11 bits per heavy atom. The Labute approximate surface area is 223 Å². The van der Waals surface area contributed by atoms with Crippen molar-refractivity contribution >= 4 is 18.2 Å². The molecular weight excluding hydrogens is 486 g/mol. The van der Waals surface area contributed by atoms with Crippen LogP contribution in [0.4, 0.5) is 9.59 Å². The van der Waals surface area contributed by atoms with Gasteiger partial charge in [-0.1, -0.05) is 45.0 Å². The van der Waals surface area contributed by atoms with Crippen LogP contribution in [-0.4, -0.2) is 56.9 Å². The van der Waals surface area contributed by atoms with E-state index in [-0.39, 0.29) is 17.8 Å². The first-order chi connectivity index (χ1) is 17.7. The number of carbonyl (C=O) groups excluding carboxylic acids is 2. The van der Waals surface area contributed by atoms with Gasteiger partial charge in [-0.15, -0.1) is 0 Å². The Morgan fingerprint density at radius 2 is 1.58 bits per heavy atom. The molecule has 1 atom stereocenters. The van der Waals surface area contributed by atoms with Crippen LogP contribution in [0.5, 0.6) is 5.75 Å². The Bertz CT molecular complexity index is 1280. The fourth-order valence-electron chi connectivity index (χ4n) is 3.80. The second-order valence-electron chi connectivity index (χ2n) is 11.1. The largest absolute Gasteiger partial charge is 0.464 e. The summed E-state index contributed by atoms with van der Waals surface area (Å²) in [5.74, 6) is -0.495. The molecule has 0 spiro atoms. The van der Waals surface area contributed by atoms with E-state index in [0.29, 0.717) is 16.9 Å². The zero-order chi connectivity index (χ0) is 28.3. The van der Waals surface area contributed by atoms with Gasteiger partial charge >= 0.3 is 18.2 Å². The highest BCUT2D eigenvalue weighted by Crippen LogP contribution is 2.28. The van der Waals surface area contributed by atoms with Crippen LogP contribution in [0.1, 0.15) is 74.8 Å². The van der Waals surface area contributed by atoms with Crippen LogP contribution in [0, 0.1) is 0 Å². The normalized spacial score (nSPS) is 12.5. The SMILES string of the molecule is CN(CC(c1ccc(OC(=O)c2ccc(C(C)(C)C)cc2)cc1)c1nccn1C(=O)O)C(=O)OC(C)(C)C. The number of esters is 1. The molecule has 0 aliphatic heterocycles. The molecule has 0 radical (unpaired) electrons. The van der Waals surface area contributed by atoms with Gasteiger partial charge in [-0.05, 0) is 61.6 Å². The van der Waals surface area contributed by atoms with Gasteiger partial charge in [-0.2, -0.15) is 0 Å². The highest BCUT2D eigenvalue weighted by Gasteiger charge is 2.27. The van der Waals surface area contributed by atoms with Crippen LogP contribution >= 0.6 is 0 Å². The number of likely N-dealkylation sites (N-methyl/N-ethyl adjacent to an activating group) is 1. The molecule has 0 bridgehead atoms. The van der Waals surface area contributed by atoms with E-state index in [1.807, 2.05) is 12.1 Å². The molecule has 1 aromatic heterocycles. The lowest BCUT2D eigenvalue weighted by Crippen LogP contribution is -2.37. The smallest absolute Gasteiger partial charge is 0.417 e. The van der Waals surface area contributed by atoms with Gasteiger partial charge in [0.25, 0.3) is 0 Å². The quantitative estimate of drug-likeness (QED) is 0.316. The van der Waals surface area contributed by atoms with Gasteiger partial charge in [0.15, 0.2) is 0 Å². The Balaban J connectivity index is 1.82. The molecule has 38 heavy (non-hydrogen) atoms. The Hall–Kier alpha value is -4.14. The minimum absolute atomic E-state index is 0.0261. The summed E-state index contributed by atoms with van der Waals surface area (Å²) in [5, 5.41) is 9.62. The number of ether oxygens (including phenoxy) is 2. The zero-order valence-corrected chi connectivity index (χ0v) is 22.9. The van der Waals surface area contributed by atoms with Crippen LogP contribution in [0.15, 0.2) is 60.9 Å². The number of carbonyl (C=O) groups is 3. The summed E-state index contributed by atoms with van der Waals surface area (Å²) < 4.78 is 12.0. The number of benzene rings is 2. The van der Waals surface area contributed by atoms with Gasteiger partial charge in [-0.25, -0.2) is 23.9 Å². The summed E-state index contributed by atoms with van der Waals surface area (Å²) in [7, 11) is 1.58. The lowest BCUT2D eigenvalue weighted by Gasteiger charge is -2.27. The second kappa shape index (κ2) is 11.1. The molecule has 0 aliphatic rings. The number of aromatic nitrogens is 2. The van der Waals surface area contributed by atoms with E-state index < -0.39 is 29.7 Å². The molecule has 3 aromatic rings. The number of carboxylic acid groups (broad SMARTS) is 1. The van der Waals surface area contributed by atoms with Crippen molar-refractivity contribution in [1.82, 2.24) is 14.5 Å². The number of hydrogen-bond acceptors (Lipinski definition) is 6. The maximum Gasteiger partial charge on any atom is 0.417 e. The number of imidazole rings is 1. The van der Waals surface area contributed by atoms with Gasteiger partial charge in [0, 0.05) is 26.0 Å². The monoisotopic (exact) mass is 521 g/mol. The van der Waals surface area contributed by atoms with Crippen LogP contribution < -0.4 is 4.74 Å². The molecule has 0 saturated carbocycles. The number of rotatable bonds is 6. The molecule has 0 fully saturated rings. The molecule has 3 rings (SSSR count). The molecule has 9 heteroatoms. The molecule has 202 valence electrons. The first kappa shape index (κ1) is 28.4. The van der Waals surface area contributed by atoms with E-state index in [4.69, 9.17) is 9.47 Å². The van der Waals surface area contributed by atoms with Crippen molar-refractivity contribution in [2.75, 3.05) is 13.6 Å². The molecule has 9 nitrogen and oxygen atoms in total. The highest BCUT2D eigenvalue weighted by molar-refractivity contribution is 5.91. The first-order valence-electron chi connectivity index (χ1n) is 12.3. The fourth-order valence-corrected chi connectivity index (χ4v) is 3.80. The molecule has 1 amide bonds. The predicted molar refractivity (Wildman–Crippen MR) is 143 cm³/mol. The third kappa shape index (κ3) is 7.21. The topological polar surface area (TPSA) is 111 Å². The molecule has 1 N–H and O–H groups in total. The van der Waals surface area contributed by atoms with Crippen LogP contribution in [0.2, 0.25) is 0 Å². The van der Waals surface area contributed by atoms with Crippen LogP contribution in [0.25, 0.3) is 0 Å². The number of nitrogens with zero attached hydrogens (tertiary/aromatic N) is 3. The molecular formula is C29H35N3O6. The lowest BCUT2D eigenvalue weighted by atomic mass is 9.87. The van der Waals surface area contributed by atoms with Gasteiger partial charge < -0.3 is 19.5 Å². The summed E-state index contributed by atoms with van der Waals surface area (Å²) in [5.41, 5.74) is 1.52. The predicted octanol–water partition coefficient (Wildman–Crippen LogP) is 5.92. The van der Waals surface area contributed by atoms with Gasteiger partial charge in [0.2, 0.25) is 0 Å². The summed E-state index contributed by atoms with van der Waals surface area (Å²) in [6.07, 6.45) is 1.01. The van der Waals surface area contributed by atoms with Gasteiger partial charge in [0.05, 0.1) is 11.5 Å². The summed E-state index contributed by atoms with van der Waals surface area (Å²) in [4.78, 5) is 42.7. The lowest BCUT2D eigenvalue weighted by molar-refractivity contribution is 0.0292. The molecule has 0 saturated heterocycles. The minimum atomic E-state index is -1.19. The summed E-state index contributed by atoms with van der Waals surface area (Å²) in [6.45, 7) is 11.7. The number of amides is 1. The molecule has 1 heterocycles. The van der Waals surface area contributed by atoms with E-state index >= 15 is 0 Å². The van der Waals surface area contributed by atoms with Gasteiger partial charge in [-0.3, -0.25) is 0 Å². The average molecular weight is 522 g/mol. The van der Waals surface area contributed by atoms with Crippen molar-refractivity contribution in [2.45, 2.75) is 58.5 Å². The third-order valence-electron chi connectivity index (χ3n) is 5.83. The van der Waals surface area contributed by atoms with E-state index in [1.165, 1.54) is 17.3 Å². The minimum Gasteiger partial charge on any atom is -0.464 e. The van der Waals surface area contributed by atoms with Crippen molar-refractivity contribution in [2.24, 2.45) is 0 Å². The first-order valence-corrected chi connectivity index (χ1v) is 12.3. The van der Waals surface area contributed by atoms with Crippen molar-refractivity contribution in [1.29, 1.82) is 0 Å². The highest BCUT2D eigenvalue weighted by atomic mass is 16.6. The Kier molecular flexibility index (Phi) is 8.29. The fraction of sp³-hybridized carbons (Fsp3) is 0.379. The van der Waals surface area contributed by atoms with E-state index in [1.54, 1.807) is 64.2 Å². The van der Waals surface area contributed by atoms with E-state index in [2.05, 4.69) is 25.8 Å².